The van der Waals surface area contributed by atoms with Gasteiger partial charge in [-0.05, 0) is 6.92 Å². The molecule has 0 saturated carbocycles. The number of hydrogen-bond acceptors (Lipinski definition) is 3. The van der Waals surface area contributed by atoms with E-state index in [1.165, 1.54) is 10.9 Å². The van der Waals surface area contributed by atoms with Gasteiger partial charge in [-0.3, -0.25) is 14.0 Å². The van der Waals surface area contributed by atoms with Crippen LogP contribution in [0.1, 0.15) is 6.92 Å². The van der Waals surface area contributed by atoms with Gasteiger partial charge in [-0.25, -0.2) is 4.98 Å². The molecule has 0 bridgehead atoms. The molecule has 0 saturated heterocycles. The van der Waals surface area contributed by atoms with Crippen LogP contribution in [-0.4, -0.2) is 19.3 Å². The van der Waals surface area contributed by atoms with Gasteiger partial charge in [0, 0.05) is 13.6 Å². The number of rotatable bonds is 2. The van der Waals surface area contributed by atoms with Crippen LogP contribution in [0.3, 0.4) is 0 Å². The van der Waals surface area contributed by atoms with Crippen molar-refractivity contribution >= 4 is 11.0 Å². The van der Waals surface area contributed by atoms with E-state index < -0.39 is 0 Å². The number of aryl methyl sites for hydroxylation is 1. The number of nitrogens with zero attached hydrogens (tertiary/aromatic N) is 4. The maximum absolute atomic E-state index is 11.9. The fraction of sp³-hybridized carbons (Fsp3) is 0.300. The van der Waals surface area contributed by atoms with Crippen LogP contribution >= 0.6 is 0 Å². The third-order valence-corrected chi connectivity index (χ3v) is 2.16. The van der Waals surface area contributed by atoms with E-state index in [-0.39, 0.29) is 5.56 Å². The molecule has 5 nitrogen and oxygen atoms in total. The van der Waals surface area contributed by atoms with Crippen LogP contribution in [0, 0.1) is 0 Å². The summed E-state index contributed by atoms with van der Waals surface area (Å²) in [6, 6.07) is 0. The van der Waals surface area contributed by atoms with Gasteiger partial charge in [-0.1, -0.05) is 12.2 Å². The molecule has 0 N–H and O–H groups in total. The quantitative estimate of drug-likeness (QED) is 0.677. The molecule has 2 aromatic rings. The average Bonchev–Trinajstić information content (AvgIpc) is 2.53. The molecule has 2 heterocycles. The van der Waals surface area contributed by atoms with Crippen LogP contribution in [0.15, 0.2) is 29.5 Å². The Morgan fingerprint density at radius 1 is 1.60 bits per heavy atom. The zero-order chi connectivity index (χ0) is 11.0. The first-order valence-corrected chi connectivity index (χ1v) is 4.61. The van der Waals surface area contributed by atoms with Crippen molar-refractivity contribution in [2.45, 2.75) is 13.5 Å². The van der Waals surface area contributed by atoms with Gasteiger partial charge >= 0.3 is 0 Å². The molecule has 0 fully saturated rings. The predicted molar refractivity (Wildman–Crippen MR) is 57.6 cm³/mol. The van der Waals surface area contributed by atoms with Gasteiger partial charge in [-0.15, -0.1) is 0 Å². The summed E-state index contributed by atoms with van der Waals surface area (Å²) in [7, 11) is 1.76. The minimum atomic E-state index is -0.0731. The summed E-state index contributed by atoms with van der Waals surface area (Å²) < 4.78 is 3.12. The second kappa shape index (κ2) is 3.34. The first-order valence-electron chi connectivity index (χ1n) is 4.61. The van der Waals surface area contributed by atoms with Crippen molar-refractivity contribution in [2.24, 2.45) is 7.05 Å². The first kappa shape index (κ1) is 9.64. The highest BCUT2D eigenvalue weighted by atomic mass is 16.1. The van der Waals surface area contributed by atoms with Crippen molar-refractivity contribution < 1.29 is 0 Å². The van der Waals surface area contributed by atoms with Gasteiger partial charge in [0.15, 0.2) is 5.65 Å². The Labute approximate surface area is 86.7 Å². The number of allylic oxidation sites excluding steroid dienone is 1. The lowest BCUT2D eigenvalue weighted by Crippen LogP contribution is -2.20. The largest absolute Gasteiger partial charge is 0.294 e. The van der Waals surface area contributed by atoms with Crippen molar-refractivity contribution in [1.29, 1.82) is 0 Å². The van der Waals surface area contributed by atoms with E-state index in [4.69, 9.17) is 0 Å². The number of aromatic nitrogens is 4. The van der Waals surface area contributed by atoms with E-state index in [1.54, 1.807) is 17.9 Å². The monoisotopic (exact) mass is 204 g/mol. The van der Waals surface area contributed by atoms with Gasteiger partial charge < -0.3 is 0 Å². The van der Waals surface area contributed by atoms with Crippen LogP contribution in [0.4, 0.5) is 0 Å². The molecule has 2 aromatic heterocycles. The van der Waals surface area contributed by atoms with Crippen molar-refractivity contribution in [3.05, 3.63) is 35.0 Å². The highest BCUT2D eigenvalue weighted by molar-refractivity contribution is 5.72. The van der Waals surface area contributed by atoms with Gasteiger partial charge in [0.25, 0.3) is 5.56 Å². The average molecular weight is 204 g/mol. The van der Waals surface area contributed by atoms with E-state index in [2.05, 4.69) is 16.7 Å². The highest BCUT2D eigenvalue weighted by Crippen LogP contribution is 2.03. The lowest BCUT2D eigenvalue weighted by molar-refractivity contribution is 0.729. The maximum Gasteiger partial charge on any atom is 0.264 e. The molecule has 78 valence electrons. The van der Waals surface area contributed by atoms with Crippen LogP contribution in [-0.2, 0) is 13.6 Å². The molecule has 0 radical (unpaired) electrons. The van der Waals surface area contributed by atoms with Crippen LogP contribution in [0.5, 0.6) is 0 Å². The summed E-state index contributed by atoms with van der Waals surface area (Å²) in [5.41, 5.74) is 1.45. The Morgan fingerprint density at radius 2 is 2.33 bits per heavy atom. The standard InChI is InChI=1S/C10H12N4O/c1-7(2)5-14-6-11-9-8(10(14)15)4-12-13(9)3/h4,6H,1,5H2,2-3H3. The molecular weight excluding hydrogens is 192 g/mol. The third kappa shape index (κ3) is 1.56. The molecular formula is C10H12N4O. The molecule has 0 aliphatic carbocycles. The summed E-state index contributed by atoms with van der Waals surface area (Å²) in [5.74, 6) is 0. The minimum Gasteiger partial charge on any atom is -0.294 e. The zero-order valence-corrected chi connectivity index (χ0v) is 8.77. The van der Waals surface area contributed by atoms with Crippen LogP contribution in [0.25, 0.3) is 11.0 Å². The number of fused-ring (bicyclic) bond motifs is 1. The molecule has 15 heavy (non-hydrogen) atoms. The molecule has 0 unspecified atom stereocenters. The lowest BCUT2D eigenvalue weighted by Gasteiger charge is -2.03. The fourth-order valence-corrected chi connectivity index (χ4v) is 1.47. The second-order valence-electron chi connectivity index (χ2n) is 3.64. The van der Waals surface area contributed by atoms with Gasteiger partial charge in [0.05, 0.1) is 6.20 Å². The SMILES string of the molecule is C=C(C)Cn1cnc2c(cnn2C)c1=O. The first-order chi connectivity index (χ1) is 7.09. The van der Waals surface area contributed by atoms with E-state index in [0.717, 1.165) is 5.57 Å². The summed E-state index contributed by atoms with van der Waals surface area (Å²) in [4.78, 5) is 16.1. The van der Waals surface area contributed by atoms with Crippen molar-refractivity contribution in [3.63, 3.8) is 0 Å². The molecule has 0 spiro atoms. The molecule has 0 aliphatic rings. The molecule has 2 rings (SSSR count). The summed E-state index contributed by atoms with van der Waals surface area (Å²) in [6.45, 7) is 6.14. The molecule has 0 aromatic carbocycles. The molecule has 0 amide bonds. The lowest BCUT2D eigenvalue weighted by atomic mass is 10.3. The van der Waals surface area contributed by atoms with E-state index >= 15 is 0 Å². The maximum atomic E-state index is 11.9. The highest BCUT2D eigenvalue weighted by Gasteiger charge is 2.07. The van der Waals surface area contributed by atoms with Crippen LogP contribution < -0.4 is 5.56 Å². The van der Waals surface area contributed by atoms with Gasteiger partial charge in [0.1, 0.15) is 11.7 Å². The number of hydrogen-bond donors (Lipinski definition) is 0. The van der Waals surface area contributed by atoms with E-state index in [1.807, 2.05) is 6.92 Å². The molecule has 0 aliphatic heterocycles. The van der Waals surface area contributed by atoms with Crippen molar-refractivity contribution in [3.8, 4) is 0 Å². The van der Waals surface area contributed by atoms with Crippen LogP contribution in [0.2, 0.25) is 0 Å². The smallest absolute Gasteiger partial charge is 0.264 e. The summed E-state index contributed by atoms with van der Waals surface area (Å²) in [6.07, 6.45) is 3.07. The third-order valence-electron chi connectivity index (χ3n) is 2.16. The minimum absolute atomic E-state index is 0.0731. The Balaban J connectivity index is 2.66. The van der Waals surface area contributed by atoms with Gasteiger partial charge in [0.2, 0.25) is 0 Å². The fourth-order valence-electron chi connectivity index (χ4n) is 1.47. The normalized spacial score (nSPS) is 10.8. The van der Waals surface area contributed by atoms with E-state index in [9.17, 15) is 4.79 Å². The predicted octanol–water partition coefficient (Wildman–Crippen LogP) is 0.706. The Kier molecular flexibility index (Phi) is 2.15. The summed E-state index contributed by atoms with van der Waals surface area (Å²) >= 11 is 0. The summed E-state index contributed by atoms with van der Waals surface area (Å²) in [5, 5.41) is 4.54. The van der Waals surface area contributed by atoms with Gasteiger partial charge in [-0.2, -0.15) is 5.10 Å². The zero-order valence-electron chi connectivity index (χ0n) is 8.77. The second-order valence-corrected chi connectivity index (χ2v) is 3.64. The molecule has 0 atom stereocenters. The van der Waals surface area contributed by atoms with Crippen molar-refractivity contribution in [2.75, 3.05) is 0 Å². The van der Waals surface area contributed by atoms with E-state index in [0.29, 0.717) is 17.6 Å². The Morgan fingerprint density at radius 3 is 3.00 bits per heavy atom. The Hall–Kier alpha value is -1.91. The Bertz CT molecular complexity index is 579. The van der Waals surface area contributed by atoms with Crippen molar-refractivity contribution in [1.82, 2.24) is 19.3 Å². The topological polar surface area (TPSA) is 52.7 Å². The molecule has 5 heteroatoms.